The van der Waals surface area contributed by atoms with Gasteiger partial charge in [-0.25, -0.2) is 9.97 Å². The third-order valence-corrected chi connectivity index (χ3v) is 5.43. The summed E-state index contributed by atoms with van der Waals surface area (Å²) in [5, 5.41) is 8.29. The van der Waals surface area contributed by atoms with Crippen LogP contribution in [0.5, 0.6) is 0 Å². The topological polar surface area (TPSA) is 78.5 Å². The Morgan fingerprint density at radius 2 is 2.07 bits per heavy atom. The summed E-state index contributed by atoms with van der Waals surface area (Å²) in [5.41, 5.74) is 6.88. The van der Waals surface area contributed by atoms with Crippen LogP contribution in [0.1, 0.15) is 22.4 Å². The lowest BCUT2D eigenvalue weighted by Gasteiger charge is -2.20. The monoisotopic (exact) mass is 384 g/mol. The van der Waals surface area contributed by atoms with Crippen molar-refractivity contribution in [2.75, 3.05) is 18.4 Å². The number of benzene rings is 1. The van der Waals surface area contributed by atoms with Crippen LogP contribution in [0.2, 0.25) is 0 Å². The molecule has 1 aromatic carbocycles. The minimum absolute atomic E-state index is 0.734. The number of anilines is 1. The lowest BCUT2D eigenvalue weighted by atomic mass is 10.1. The Labute approximate surface area is 169 Å². The number of aryl methyl sites for hydroxylation is 1. The van der Waals surface area contributed by atoms with Crippen molar-refractivity contribution in [3.05, 3.63) is 71.3 Å². The van der Waals surface area contributed by atoms with Crippen LogP contribution in [0, 0.1) is 6.92 Å². The molecule has 0 amide bonds. The van der Waals surface area contributed by atoms with Crippen molar-refractivity contribution in [1.82, 2.24) is 25.3 Å². The highest BCUT2D eigenvalue weighted by atomic mass is 15.1. The Balaban J connectivity index is 1.42. The number of rotatable bonds is 5. The molecule has 3 N–H and O–H groups in total. The van der Waals surface area contributed by atoms with Crippen molar-refractivity contribution in [2.24, 2.45) is 0 Å². The van der Waals surface area contributed by atoms with Crippen LogP contribution < -0.4 is 10.6 Å². The summed E-state index contributed by atoms with van der Waals surface area (Å²) in [5.74, 6) is 1.69. The largest absolute Gasteiger partial charge is 0.369 e. The zero-order valence-corrected chi connectivity index (χ0v) is 16.5. The van der Waals surface area contributed by atoms with Gasteiger partial charge in [-0.05, 0) is 49.6 Å². The summed E-state index contributed by atoms with van der Waals surface area (Å²) >= 11 is 0. The molecule has 0 unspecified atom stereocenters. The van der Waals surface area contributed by atoms with Gasteiger partial charge in [0.2, 0.25) is 0 Å². The van der Waals surface area contributed by atoms with E-state index in [0.717, 1.165) is 60.9 Å². The van der Waals surface area contributed by atoms with Gasteiger partial charge < -0.3 is 15.6 Å². The second-order valence-corrected chi connectivity index (χ2v) is 7.54. The highest BCUT2D eigenvalue weighted by Crippen LogP contribution is 2.25. The fraction of sp³-hybridized carbons (Fsp3) is 0.261. The van der Waals surface area contributed by atoms with Crippen molar-refractivity contribution in [3.8, 4) is 11.4 Å². The van der Waals surface area contributed by atoms with Crippen molar-refractivity contribution in [1.29, 1.82) is 0 Å². The molecule has 1 aliphatic rings. The summed E-state index contributed by atoms with van der Waals surface area (Å²) in [6, 6.07) is 10.5. The highest BCUT2D eigenvalue weighted by Gasteiger charge is 2.18. The zero-order valence-electron chi connectivity index (χ0n) is 16.5. The Kier molecular flexibility index (Phi) is 4.69. The molecular weight excluding hydrogens is 360 g/mol. The smallest absolute Gasteiger partial charge is 0.163 e. The molecule has 146 valence electrons. The Morgan fingerprint density at radius 1 is 1.14 bits per heavy atom. The van der Waals surface area contributed by atoms with E-state index in [1.807, 2.05) is 19.3 Å². The molecule has 0 spiro atoms. The van der Waals surface area contributed by atoms with E-state index < -0.39 is 0 Å². The van der Waals surface area contributed by atoms with Gasteiger partial charge >= 0.3 is 0 Å². The van der Waals surface area contributed by atoms with Crippen LogP contribution in [0.3, 0.4) is 0 Å². The molecule has 0 radical (unpaired) electrons. The summed E-state index contributed by atoms with van der Waals surface area (Å²) in [6.45, 7) is 4.60. The molecule has 1 aliphatic heterocycles. The maximum atomic E-state index is 4.88. The van der Waals surface area contributed by atoms with Crippen LogP contribution in [0.15, 0.2) is 48.9 Å². The summed E-state index contributed by atoms with van der Waals surface area (Å²) in [7, 11) is 0. The number of aromatic amines is 1. The molecular formula is C23H24N6. The van der Waals surface area contributed by atoms with Crippen LogP contribution in [-0.4, -0.2) is 33.0 Å². The van der Waals surface area contributed by atoms with Crippen molar-refractivity contribution >= 4 is 16.7 Å². The first-order chi connectivity index (χ1) is 14.3. The molecule has 6 nitrogen and oxygen atoms in total. The normalized spacial score (nSPS) is 13.4. The van der Waals surface area contributed by atoms with Gasteiger partial charge in [0.15, 0.2) is 5.82 Å². The average Bonchev–Trinajstić information content (AvgIpc) is 3.17. The van der Waals surface area contributed by atoms with E-state index in [4.69, 9.17) is 9.97 Å². The number of aromatic nitrogens is 4. The van der Waals surface area contributed by atoms with Crippen LogP contribution in [0.25, 0.3) is 22.3 Å². The third kappa shape index (κ3) is 3.59. The number of nitrogens with zero attached hydrogens (tertiary/aromatic N) is 3. The van der Waals surface area contributed by atoms with Crippen LogP contribution in [0.4, 0.5) is 5.82 Å². The van der Waals surface area contributed by atoms with E-state index in [0.29, 0.717) is 0 Å². The molecule has 0 saturated carbocycles. The molecule has 0 fully saturated rings. The molecule has 0 bridgehead atoms. The van der Waals surface area contributed by atoms with Gasteiger partial charge in [-0.15, -0.1) is 0 Å². The van der Waals surface area contributed by atoms with Crippen molar-refractivity contribution in [2.45, 2.75) is 26.3 Å². The Bertz CT molecular complexity index is 1160. The number of fused-ring (bicyclic) bond motifs is 2. The Morgan fingerprint density at radius 3 is 3.00 bits per heavy atom. The van der Waals surface area contributed by atoms with Gasteiger partial charge in [0.25, 0.3) is 0 Å². The number of hydrogen-bond acceptors (Lipinski definition) is 5. The average molecular weight is 384 g/mol. The summed E-state index contributed by atoms with van der Waals surface area (Å²) in [6.07, 6.45) is 7.67. The first kappa shape index (κ1) is 17.8. The predicted molar refractivity (Wildman–Crippen MR) is 116 cm³/mol. The number of H-pyrrole nitrogens is 1. The van der Waals surface area contributed by atoms with Gasteiger partial charge in [-0.3, -0.25) is 4.98 Å². The molecule has 6 heteroatoms. The highest BCUT2D eigenvalue weighted by molar-refractivity contribution is 5.83. The predicted octanol–water partition coefficient (Wildman–Crippen LogP) is 3.63. The van der Waals surface area contributed by atoms with E-state index in [-0.39, 0.29) is 0 Å². The molecule has 3 aromatic heterocycles. The fourth-order valence-electron chi connectivity index (χ4n) is 3.97. The SMILES string of the molecule is Cc1cncc(-c2nc3c(c(NCCc4c[nH]c5ccccc45)n2)CCNC3)c1. The Hall–Kier alpha value is -3.25. The first-order valence-corrected chi connectivity index (χ1v) is 10.1. The molecule has 29 heavy (non-hydrogen) atoms. The maximum Gasteiger partial charge on any atom is 0.163 e. The van der Waals surface area contributed by atoms with Gasteiger partial charge in [0.05, 0.1) is 5.69 Å². The second-order valence-electron chi connectivity index (χ2n) is 7.54. The third-order valence-electron chi connectivity index (χ3n) is 5.43. The van der Waals surface area contributed by atoms with Gasteiger partial charge in [-0.2, -0.15) is 0 Å². The number of hydrogen-bond donors (Lipinski definition) is 3. The minimum atomic E-state index is 0.734. The second kappa shape index (κ2) is 7.64. The maximum absolute atomic E-state index is 4.88. The van der Waals surface area contributed by atoms with Gasteiger partial charge in [-0.1, -0.05) is 18.2 Å². The number of para-hydroxylation sites is 1. The van der Waals surface area contributed by atoms with E-state index in [1.54, 1.807) is 0 Å². The molecule has 4 aromatic rings. The van der Waals surface area contributed by atoms with E-state index in [9.17, 15) is 0 Å². The molecule has 0 aliphatic carbocycles. The van der Waals surface area contributed by atoms with E-state index >= 15 is 0 Å². The quantitative estimate of drug-likeness (QED) is 0.490. The van der Waals surface area contributed by atoms with Crippen molar-refractivity contribution in [3.63, 3.8) is 0 Å². The first-order valence-electron chi connectivity index (χ1n) is 10.1. The molecule has 4 heterocycles. The molecule has 0 saturated heterocycles. The summed E-state index contributed by atoms with van der Waals surface area (Å²) in [4.78, 5) is 17.4. The van der Waals surface area contributed by atoms with Gasteiger partial charge in [0, 0.05) is 53.7 Å². The standard InChI is InChI=1S/C23H24N6/c1-15-10-17(12-25-11-15)22-28-21-14-24-8-7-19(21)23(29-22)26-9-6-16-13-27-20-5-3-2-4-18(16)20/h2-5,10-13,24,27H,6-9,14H2,1H3,(H,26,28,29). The minimum Gasteiger partial charge on any atom is -0.369 e. The van der Waals surface area contributed by atoms with Crippen LogP contribution in [-0.2, 0) is 19.4 Å². The van der Waals surface area contributed by atoms with Crippen LogP contribution >= 0.6 is 0 Å². The summed E-state index contributed by atoms with van der Waals surface area (Å²) < 4.78 is 0. The fourth-order valence-corrected chi connectivity index (χ4v) is 3.97. The van der Waals surface area contributed by atoms with Crippen molar-refractivity contribution < 1.29 is 0 Å². The number of pyridine rings is 1. The lowest BCUT2D eigenvalue weighted by molar-refractivity contribution is 0.625. The number of nitrogens with one attached hydrogen (secondary N) is 3. The zero-order chi connectivity index (χ0) is 19.6. The van der Waals surface area contributed by atoms with E-state index in [2.05, 4.69) is 57.1 Å². The molecule has 0 atom stereocenters. The lowest BCUT2D eigenvalue weighted by Crippen LogP contribution is -2.27. The van der Waals surface area contributed by atoms with E-state index in [1.165, 1.54) is 22.0 Å². The molecule has 5 rings (SSSR count). The van der Waals surface area contributed by atoms with Gasteiger partial charge in [0.1, 0.15) is 5.82 Å².